The number of aromatic nitrogens is 3. The Morgan fingerprint density at radius 3 is 2.57 bits per heavy atom. The van der Waals surface area contributed by atoms with Gasteiger partial charge in [0.05, 0.1) is 29.4 Å². The summed E-state index contributed by atoms with van der Waals surface area (Å²) in [5.41, 5.74) is 2.85. The van der Waals surface area contributed by atoms with E-state index in [4.69, 9.17) is 21.6 Å². The topological polar surface area (TPSA) is 82.1 Å². The Bertz CT molecular complexity index is 1670. The molecule has 0 spiro atoms. The summed E-state index contributed by atoms with van der Waals surface area (Å²) in [6.07, 6.45) is 2.12. The SMILES string of the molecule is CC[C@H](Sc1nc2c(sc(=S)n2-c2ccccc2C)c(=O)n1-c1ccccc1)C(=O)NCc1ccco1. The fraction of sp³-hybridized carbons (Fsp3) is 0.185. The number of benzene rings is 2. The smallest absolute Gasteiger partial charge is 0.278 e. The number of fused-ring (bicyclic) bond motifs is 1. The number of thiazole rings is 1. The Labute approximate surface area is 226 Å². The van der Waals surface area contributed by atoms with Gasteiger partial charge in [0.2, 0.25) is 5.91 Å². The van der Waals surface area contributed by atoms with Crippen LogP contribution in [0.1, 0.15) is 24.7 Å². The Kier molecular flexibility index (Phi) is 7.40. The van der Waals surface area contributed by atoms with E-state index < -0.39 is 5.25 Å². The first-order chi connectivity index (χ1) is 18.0. The molecule has 5 rings (SSSR count). The number of nitrogens with zero attached hydrogens (tertiary/aromatic N) is 3. The zero-order valence-electron chi connectivity index (χ0n) is 20.2. The van der Waals surface area contributed by atoms with Crippen LogP contribution in [0.25, 0.3) is 21.7 Å². The first-order valence-electron chi connectivity index (χ1n) is 11.7. The second-order valence-electron chi connectivity index (χ2n) is 8.32. The van der Waals surface area contributed by atoms with Crippen molar-refractivity contribution in [1.29, 1.82) is 0 Å². The van der Waals surface area contributed by atoms with Crippen LogP contribution < -0.4 is 10.9 Å². The van der Waals surface area contributed by atoms with Crippen LogP contribution in [0, 0.1) is 10.9 Å². The van der Waals surface area contributed by atoms with Crippen LogP contribution in [0.5, 0.6) is 0 Å². The third-order valence-electron chi connectivity index (χ3n) is 5.88. The molecule has 2 aromatic carbocycles. The van der Waals surface area contributed by atoms with E-state index in [1.54, 1.807) is 16.9 Å². The molecule has 0 saturated carbocycles. The van der Waals surface area contributed by atoms with Gasteiger partial charge in [-0.1, -0.05) is 66.4 Å². The summed E-state index contributed by atoms with van der Waals surface area (Å²) in [7, 11) is 0. The maximum atomic E-state index is 13.9. The van der Waals surface area contributed by atoms with Gasteiger partial charge >= 0.3 is 0 Å². The molecule has 0 aliphatic rings. The third kappa shape index (κ3) is 5.04. The van der Waals surface area contributed by atoms with E-state index >= 15 is 0 Å². The lowest BCUT2D eigenvalue weighted by molar-refractivity contribution is -0.120. The molecule has 0 radical (unpaired) electrons. The van der Waals surface area contributed by atoms with Gasteiger partial charge < -0.3 is 9.73 Å². The molecule has 37 heavy (non-hydrogen) atoms. The summed E-state index contributed by atoms with van der Waals surface area (Å²) in [6.45, 7) is 4.23. The second-order valence-corrected chi connectivity index (χ2v) is 11.1. The molecule has 0 saturated heterocycles. The predicted molar refractivity (Wildman–Crippen MR) is 151 cm³/mol. The van der Waals surface area contributed by atoms with Crippen molar-refractivity contribution in [3.8, 4) is 11.4 Å². The van der Waals surface area contributed by atoms with E-state index in [1.165, 1.54) is 23.1 Å². The molecule has 5 aromatic rings. The predicted octanol–water partition coefficient (Wildman–Crippen LogP) is 6.06. The first-order valence-corrected chi connectivity index (χ1v) is 13.8. The van der Waals surface area contributed by atoms with E-state index in [2.05, 4.69) is 5.32 Å². The van der Waals surface area contributed by atoms with Crippen molar-refractivity contribution in [3.63, 3.8) is 0 Å². The number of nitrogens with one attached hydrogen (secondary N) is 1. The van der Waals surface area contributed by atoms with Crippen LogP contribution in [-0.2, 0) is 11.3 Å². The normalized spacial score (nSPS) is 12.1. The number of carbonyl (C=O) groups is 1. The number of aryl methyl sites for hydroxylation is 1. The summed E-state index contributed by atoms with van der Waals surface area (Å²) in [6, 6.07) is 20.8. The quantitative estimate of drug-likeness (QED) is 0.144. The highest BCUT2D eigenvalue weighted by Crippen LogP contribution is 2.31. The zero-order valence-corrected chi connectivity index (χ0v) is 22.7. The second kappa shape index (κ2) is 10.9. The molecule has 1 atom stereocenters. The summed E-state index contributed by atoms with van der Waals surface area (Å²) in [5.74, 6) is 0.517. The minimum absolute atomic E-state index is 0.154. The number of para-hydroxylation sites is 2. The number of furan rings is 1. The van der Waals surface area contributed by atoms with Crippen molar-refractivity contribution in [2.75, 3.05) is 0 Å². The lowest BCUT2D eigenvalue weighted by Gasteiger charge is -2.18. The van der Waals surface area contributed by atoms with Gasteiger partial charge in [-0.25, -0.2) is 4.98 Å². The monoisotopic (exact) mass is 548 g/mol. The Morgan fingerprint density at radius 2 is 1.86 bits per heavy atom. The highest BCUT2D eigenvalue weighted by molar-refractivity contribution is 8.00. The van der Waals surface area contributed by atoms with Gasteiger partial charge in [-0.05, 0) is 61.5 Å². The maximum Gasteiger partial charge on any atom is 0.278 e. The zero-order chi connectivity index (χ0) is 25.9. The van der Waals surface area contributed by atoms with Crippen LogP contribution in [0.4, 0.5) is 0 Å². The molecule has 0 bridgehead atoms. The van der Waals surface area contributed by atoms with E-state index in [0.717, 1.165) is 11.3 Å². The molecule has 1 amide bonds. The van der Waals surface area contributed by atoms with Crippen molar-refractivity contribution in [2.24, 2.45) is 0 Å². The number of hydrogen-bond acceptors (Lipinski definition) is 7. The van der Waals surface area contributed by atoms with E-state index in [0.29, 0.717) is 37.3 Å². The van der Waals surface area contributed by atoms with Crippen LogP contribution in [0.2, 0.25) is 0 Å². The Balaban J connectivity index is 1.63. The molecule has 3 aromatic heterocycles. The van der Waals surface area contributed by atoms with Crippen molar-refractivity contribution < 1.29 is 9.21 Å². The highest BCUT2D eigenvalue weighted by atomic mass is 32.2. The molecule has 0 fully saturated rings. The van der Waals surface area contributed by atoms with Gasteiger partial charge in [-0.3, -0.25) is 18.7 Å². The molecule has 0 aliphatic heterocycles. The maximum absolute atomic E-state index is 13.9. The Morgan fingerprint density at radius 1 is 1.11 bits per heavy atom. The van der Waals surface area contributed by atoms with Crippen molar-refractivity contribution in [3.05, 3.63) is 98.6 Å². The molecular weight excluding hydrogens is 525 g/mol. The summed E-state index contributed by atoms with van der Waals surface area (Å²) < 4.78 is 9.77. The largest absolute Gasteiger partial charge is 0.467 e. The molecule has 7 nitrogen and oxygen atoms in total. The molecule has 10 heteroatoms. The van der Waals surface area contributed by atoms with E-state index in [9.17, 15) is 9.59 Å². The summed E-state index contributed by atoms with van der Waals surface area (Å²) in [4.78, 5) is 32.0. The number of carbonyl (C=O) groups excluding carboxylic acids is 1. The van der Waals surface area contributed by atoms with Crippen LogP contribution >= 0.6 is 35.3 Å². The van der Waals surface area contributed by atoms with Crippen LogP contribution in [-0.4, -0.2) is 25.3 Å². The van der Waals surface area contributed by atoms with Crippen molar-refractivity contribution in [2.45, 2.75) is 37.2 Å². The minimum atomic E-state index is -0.470. The van der Waals surface area contributed by atoms with Crippen LogP contribution in [0.15, 0.2) is 87.4 Å². The minimum Gasteiger partial charge on any atom is -0.467 e. The fourth-order valence-corrected chi connectivity index (χ4v) is 6.33. The first kappa shape index (κ1) is 25.2. The lowest BCUT2D eigenvalue weighted by Crippen LogP contribution is -2.32. The van der Waals surface area contributed by atoms with Gasteiger partial charge in [-0.2, -0.15) is 0 Å². The fourth-order valence-electron chi connectivity index (χ4n) is 4.00. The number of hydrogen-bond donors (Lipinski definition) is 1. The number of amides is 1. The Hall–Kier alpha value is -3.47. The van der Waals surface area contributed by atoms with E-state index in [1.807, 2.05) is 79.1 Å². The molecule has 0 unspecified atom stereocenters. The van der Waals surface area contributed by atoms with E-state index in [-0.39, 0.29) is 18.0 Å². The lowest BCUT2D eigenvalue weighted by atomic mass is 10.2. The molecule has 1 N–H and O–H groups in total. The average molecular weight is 549 g/mol. The van der Waals surface area contributed by atoms with Gasteiger partial charge in [0.25, 0.3) is 5.56 Å². The standard InChI is InChI=1S/C27H24N4O3S3/c1-3-21(24(32)28-16-19-13-9-15-34-19)36-26-29-23-22(25(33)30(26)18-11-5-4-6-12-18)37-27(35)31(23)20-14-8-7-10-17(20)2/h4-15,21H,3,16H2,1-2H3,(H,28,32)/t21-/m0/s1. The average Bonchev–Trinajstić information content (AvgIpc) is 3.54. The third-order valence-corrected chi connectivity index (χ3v) is 8.54. The molecule has 0 aliphatic carbocycles. The number of thioether (sulfide) groups is 1. The summed E-state index contributed by atoms with van der Waals surface area (Å²) >= 11 is 8.21. The van der Waals surface area contributed by atoms with Crippen LogP contribution in [0.3, 0.4) is 0 Å². The molecular formula is C27H24N4O3S3. The van der Waals surface area contributed by atoms with Crippen molar-refractivity contribution >= 4 is 51.6 Å². The molecule has 3 heterocycles. The molecule has 188 valence electrons. The van der Waals surface area contributed by atoms with Gasteiger partial charge in [0, 0.05) is 0 Å². The van der Waals surface area contributed by atoms with Crippen molar-refractivity contribution in [1.82, 2.24) is 19.4 Å². The van der Waals surface area contributed by atoms with Gasteiger partial charge in [0.1, 0.15) is 10.5 Å². The van der Waals surface area contributed by atoms with Gasteiger partial charge in [-0.15, -0.1) is 0 Å². The summed E-state index contributed by atoms with van der Waals surface area (Å²) in [5, 5.41) is 2.89. The number of rotatable bonds is 8. The van der Waals surface area contributed by atoms with Gasteiger partial charge in [0.15, 0.2) is 14.8 Å². The highest BCUT2D eigenvalue weighted by Gasteiger charge is 2.25.